The molecule has 0 aliphatic carbocycles. The van der Waals surface area contributed by atoms with Gasteiger partial charge in [-0.3, -0.25) is 0 Å². The van der Waals surface area contributed by atoms with Crippen LogP contribution in [0.25, 0.3) is 33.2 Å². The topological polar surface area (TPSA) is 15.8 Å². The van der Waals surface area contributed by atoms with Crippen molar-refractivity contribution in [2.75, 3.05) is 0 Å². The molecule has 100 valence electrons. The largest absolute Gasteiger partial charge is 0.361 e. The maximum Gasteiger partial charge on any atom is 0.0460 e. The fourth-order valence-electron chi connectivity index (χ4n) is 2.81. The number of aromatic nitrogens is 1. The van der Waals surface area contributed by atoms with Crippen LogP contribution in [0.2, 0.25) is 0 Å². The number of fused-ring (bicyclic) bond motifs is 1. The van der Waals surface area contributed by atoms with Crippen LogP contribution < -0.4 is 0 Å². The van der Waals surface area contributed by atoms with Crippen molar-refractivity contribution in [3.63, 3.8) is 0 Å². The van der Waals surface area contributed by atoms with E-state index < -0.39 is 0 Å². The van der Waals surface area contributed by atoms with Gasteiger partial charge in [0.15, 0.2) is 0 Å². The van der Waals surface area contributed by atoms with E-state index in [1.54, 1.807) is 0 Å². The summed E-state index contributed by atoms with van der Waals surface area (Å²) in [5.74, 6) is 0. The summed E-state index contributed by atoms with van der Waals surface area (Å²) in [5, 5.41) is 2.57. The first kappa shape index (κ1) is 12.0. The van der Waals surface area contributed by atoms with Gasteiger partial charge in [-0.05, 0) is 28.0 Å². The number of H-pyrrole nitrogens is 1. The van der Waals surface area contributed by atoms with Crippen molar-refractivity contribution < 1.29 is 0 Å². The lowest BCUT2D eigenvalue weighted by atomic mass is 10.00. The highest BCUT2D eigenvalue weighted by Gasteiger charge is 2.06. The van der Waals surface area contributed by atoms with Gasteiger partial charge in [0.25, 0.3) is 0 Å². The third kappa shape index (κ3) is 2.13. The van der Waals surface area contributed by atoms with E-state index in [2.05, 4.69) is 84.0 Å². The Morgan fingerprint density at radius 2 is 1.38 bits per heavy atom. The maximum atomic E-state index is 3.39. The van der Waals surface area contributed by atoms with Crippen molar-refractivity contribution in [1.29, 1.82) is 0 Å². The summed E-state index contributed by atoms with van der Waals surface area (Å²) in [6.07, 6.45) is 2.09. The second-order valence-corrected chi connectivity index (χ2v) is 5.19. The number of nitrogens with one attached hydrogen (secondary N) is 1. The third-order valence-electron chi connectivity index (χ3n) is 3.87. The average Bonchev–Trinajstić information content (AvgIpc) is 3.05. The van der Waals surface area contributed by atoms with Crippen LogP contribution >= 0.6 is 0 Å². The van der Waals surface area contributed by atoms with Gasteiger partial charge in [0.2, 0.25) is 0 Å². The van der Waals surface area contributed by atoms with Gasteiger partial charge in [-0.2, -0.15) is 0 Å². The van der Waals surface area contributed by atoms with Crippen molar-refractivity contribution in [1.82, 2.24) is 4.98 Å². The lowest BCUT2D eigenvalue weighted by Crippen LogP contribution is -1.78. The molecule has 21 heavy (non-hydrogen) atoms. The first-order chi connectivity index (χ1) is 10.4. The standard InChI is InChI=1S/C20H15N/c1-2-8-16(9-3-1)20-13-17(14-21-20)19-12-6-10-15-7-4-5-11-18(15)19/h1-14,21H. The molecule has 1 heterocycles. The molecule has 0 aliphatic rings. The van der Waals surface area contributed by atoms with Gasteiger partial charge in [0.05, 0.1) is 0 Å². The van der Waals surface area contributed by atoms with E-state index in [1.807, 2.05) is 6.07 Å². The number of aromatic amines is 1. The van der Waals surface area contributed by atoms with Crippen LogP contribution in [0.3, 0.4) is 0 Å². The highest BCUT2D eigenvalue weighted by molar-refractivity contribution is 5.97. The minimum Gasteiger partial charge on any atom is -0.361 e. The predicted molar refractivity (Wildman–Crippen MR) is 89.2 cm³/mol. The van der Waals surface area contributed by atoms with E-state index in [1.165, 1.54) is 27.5 Å². The van der Waals surface area contributed by atoms with Gasteiger partial charge in [-0.25, -0.2) is 0 Å². The summed E-state index contributed by atoms with van der Waals surface area (Å²) < 4.78 is 0. The predicted octanol–water partition coefficient (Wildman–Crippen LogP) is 5.50. The molecule has 4 aromatic rings. The highest BCUT2D eigenvalue weighted by atomic mass is 14.7. The first-order valence-electron chi connectivity index (χ1n) is 7.14. The molecule has 0 unspecified atom stereocenters. The van der Waals surface area contributed by atoms with Gasteiger partial charge in [-0.15, -0.1) is 0 Å². The van der Waals surface area contributed by atoms with Crippen molar-refractivity contribution in [2.45, 2.75) is 0 Å². The van der Waals surface area contributed by atoms with Crippen LogP contribution in [-0.2, 0) is 0 Å². The maximum absolute atomic E-state index is 3.39. The van der Waals surface area contributed by atoms with E-state index in [4.69, 9.17) is 0 Å². The van der Waals surface area contributed by atoms with E-state index >= 15 is 0 Å². The molecule has 0 fully saturated rings. The number of hydrogen-bond acceptors (Lipinski definition) is 0. The smallest absolute Gasteiger partial charge is 0.0460 e. The van der Waals surface area contributed by atoms with Gasteiger partial charge in [0.1, 0.15) is 0 Å². The zero-order valence-corrected chi connectivity index (χ0v) is 11.6. The molecule has 1 nitrogen and oxygen atoms in total. The van der Waals surface area contributed by atoms with Gasteiger partial charge in [-0.1, -0.05) is 72.8 Å². The summed E-state index contributed by atoms with van der Waals surface area (Å²) in [6.45, 7) is 0. The van der Waals surface area contributed by atoms with Crippen molar-refractivity contribution in [2.24, 2.45) is 0 Å². The van der Waals surface area contributed by atoms with Gasteiger partial charge >= 0.3 is 0 Å². The minimum atomic E-state index is 1.15. The molecule has 0 bridgehead atoms. The van der Waals surface area contributed by atoms with Crippen LogP contribution in [-0.4, -0.2) is 4.98 Å². The molecule has 1 N–H and O–H groups in total. The molecular formula is C20H15N. The van der Waals surface area contributed by atoms with Crippen molar-refractivity contribution in [3.8, 4) is 22.4 Å². The SMILES string of the molecule is c1ccc(-c2cc(-c3cccc4ccccc34)c[nH]2)cc1. The quantitative estimate of drug-likeness (QED) is 0.494. The van der Waals surface area contributed by atoms with E-state index in [0.29, 0.717) is 0 Å². The Labute approximate surface area is 123 Å². The monoisotopic (exact) mass is 269 g/mol. The Bertz CT molecular complexity index is 883. The lowest BCUT2D eigenvalue weighted by molar-refractivity contribution is 1.40. The molecular weight excluding hydrogens is 254 g/mol. The lowest BCUT2D eigenvalue weighted by Gasteiger charge is -2.04. The van der Waals surface area contributed by atoms with Crippen LogP contribution in [0.15, 0.2) is 85.1 Å². The van der Waals surface area contributed by atoms with Crippen LogP contribution in [0.5, 0.6) is 0 Å². The Kier molecular flexibility index (Phi) is 2.82. The average molecular weight is 269 g/mol. The molecule has 0 amide bonds. The van der Waals surface area contributed by atoms with E-state index in [-0.39, 0.29) is 0 Å². The number of rotatable bonds is 2. The van der Waals surface area contributed by atoms with Gasteiger partial charge in [0, 0.05) is 17.5 Å². The Morgan fingerprint density at radius 3 is 2.29 bits per heavy atom. The first-order valence-corrected chi connectivity index (χ1v) is 7.14. The summed E-state index contributed by atoms with van der Waals surface area (Å²) in [7, 11) is 0. The molecule has 1 heteroatoms. The summed E-state index contributed by atoms with van der Waals surface area (Å²) in [5.41, 5.74) is 4.86. The van der Waals surface area contributed by atoms with Crippen LogP contribution in [0.1, 0.15) is 0 Å². The molecule has 0 saturated carbocycles. The highest BCUT2D eigenvalue weighted by Crippen LogP contribution is 2.31. The molecule has 4 rings (SSSR count). The summed E-state index contributed by atoms with van der Waals surface area (Å²) >= 11 is 0. The van der Waals surface area contributed by atoms with Crippen LogP contribution in [0.4, 0.5) is 0 Å². The number of benzene rings is 3. The van der Waals surface area contributed by atoms with Crippen molar-refractivity contribution >= 4 is 10.8 Å². The molecule has 1 aromatic heterocycles. The molecule has 0 atom stereocenters. The Hall–Kier alpha value is -2.80. The summed E-state index contributed by atoms with van der Waals surface area (Å²) in [4.78, 5) is 3.39. The van der Waals surface area contributed by atoms with E-state index in [0.717, 1.165) is 5.69 Å². The zero-order valence-electron chi connectivity index (χ0n) is 11.6. The van der Waals surface area contributed by atoms with Crippen molar-refractivity contribution in [3.05, 3.63) is 85.1 Å². The normalized spacial score (nSPS) is 10.9. The molecule has 0 radical (unpaired) electrons. The second-order valence-electron chi connectivity index (χ2n) is 5.19. The fourth-order valence-corrected chi connectivity index (χ4v) is 2.81. The molecule has 0 aliphatic heterocycles. The zero-order chi connectivity index (χ0) is 14.1. The molecule has 3 aromatic carbocycles. The number of hydrogen-bond donors (Lipinski definition) is 1. The molecule has 0 saturated heterocycles. The van der Waals surface area contributed by atoms with Crippen LogP contribution in [0, 0.1) is 0 Å². The van der Waals surface area contributed by atoms with Gasteiger partial charge < -0.3 is 4.98 Å². The fraction of sp³-hybridized carbons (Fsp3) is 0. The Morgan fingerprint density at radius 1 is 0.619 bits per heavy atom. The second kappa shape index (κ2) is 4.95. The summed E-state index contributed by atoms with van der Waals surface area (Å²) in [6, 6.07) is 27.6. The molecule has 0 spiro atoms. The third-order valence-corrected chi connectivity index (χ3v) is 3.87. The van der Waals surface area contributed by atoms with E-state index in [9.17, 15) is 0 Å². The Balaban J connectivity index is 1.85. The minimum absolute atomic E-state index is 1.15.